The molecule has 1 atom stereocenters. The van der Waals surface area contributed by atoms with Crippen molar-refractivity contribution in [1.82, 2.24) is 5.32 Å². The molecule has 2 nitrogen and oxygen atoms in total. The third-order valence-corrected chi connectivity index (χ3v) is 2.59. The van der Waals surface area contributed by atoms with Crippen molar-refractivity contribution in [2.24, 2.45) is 5.92 Å². The molecule has 10 heavy (non-hydrogen) atoms. The maximum Gasteiger partial charge on any atom is 0.0512 e. The van der Waals surface area contributed by atoms with E-state index in [1.54, 1.807) is 0 Å². The van der Waals surface area contributed by atoms with Crippen LogP contribution < -0.4 is 5.32 Å². The average Bonchev–Trinajstić information content (AvgIpc) is 2.38. The van der Waals surface area contributed by atoms with Crippen LogP contribution in [0.3, 0.4) is 0 Å². The summed E-state index contributed by atoms with van der Waals surface area (Å²) in [5.74, 6) is 0.692. The van der Waals surface area contributed by atoms with Gasteiger partial charge in [0.2, 0.25) is 0 Å². The quantitative estimate of drug-likeness (QED) is 0.623. The summed E-state index contributed by atoms with van der Waals surface area (Å²) >= 11 is 0. The number of rotatable bonds is 2. The van der Waals surface area contributed by atoms with Gasteiger partial charge in [-0.15, -0.1) is 0 Å². The van der Waals surface area contributed by atoms with Crippen LogP contribution in [0.4, 0.5) is 0 Å². The summed E-state index contributed by atoms with van der Waals surface area (Å²) in [4.78, 5) is 0. The van der Waals surface area contributed by atoms with Crippen LogP contribution in [0.25, 0.3) is 0 Å². The molecule has 1 fully saturated rings. The molecule has 0 aromatic carbocycles. The summed E-state index contributed by atoms with van der Waals surface area (Å²) in [6.07, 6.45) is 1.20. The van der Waals surface area contributed by atoms with Crippen LogP contribution >= 0.6 is 0 Å². The van der Waals surface area contributed by atoms with E-state index >= 15 is 0 Å². The Morgan fingerprint density at radius 3 is 2.60 bits per heavy atom. The fraction of sp³-hybridized carbons (Fsp3) is 1.00. The smallest absolute Gasteiger partial charge is 0.0512 e. The molecule has 1 N–H and O–H groups in total. The molecule has 2 heteroatoms. The first-order chi connectivity index (χ1) is 4.67. The van der Waals surface area contributed by atoms with Gasteiger partial charge in [0.25, 0.3) is 0 Å². The summed E-state index contributed by atoms with van der Waals surface area (Å²) < 4.78 is 5.31. The van der Waals surface area contributed by atoms with Gasteiger partial charge in [-0.3, -0.25) is 0 Å². The lowest BCUT2D eigenvalue weighted by atomic mass is 9.87. The second-order valence-corrected chi connectivity index (χ2v) is 3.53. The molecule has 0 bridgehead atoms. The summed E-state index contributed by atoms with van der Waals surface area (Å²) in [6, 6.07) is 0. The average molecular weight is 143 g/mol. The van der Waals surface area contributed by atoms with Gasteiger partial charge in [-0.2, -0.15) is 0 Å². The van der Waals surface area contributed by atoms with E-state index < -0.39 is 0 Å². The highest BCUT2D eigenvalue weighted by Gasteiger charge is 2.30. The van der Waals surface area contributed by atoms with E-state index in [2.05, 4.69) is 19.2 Å². The first kappa shape index (κ1) is 8.02. The van der Waals surface area contributed by atoms with Crippen LogP contribution in [0.2, 0.25) is 0 Å². The van der Waals surface area contributed by atoms with E-state index in [0.29, 0.717) is 5.92 Å². The first-order valence-corrected chi connectivity index (χ1v) is 3.93. The number of ether oxygens (including phenoxy) is 1. The van der Waals surface area contributed by atoms with Gasteiger partial charge in [0.1, 0.15) is 0 Å². The van der Waals surface area contributed by atoms with Crippen LogP contribution in [0.15, 0.2) is 0 Å². The Morgan fingerprint density at radius 2 is 2.20 bits per heavy atom. The van der Waals surface area contributed by atoms with Crippen molar-refractivity contribution in [1.29, 1.82) is 0 Å². The van der Waals surface area contributed by atoms with Gasteiger partial charge in [0, 0.05) is 18.1 Å². The van der Waals surface area contributed by atoms with Gasteiger partial charge < -0.3 is 10.1 Å². The van der Waals surface area contributed by atoms with Crippen LogP contribution in [0.1, 0.15) is 20.3 Å². The summed E-state index contributed by atoms with van der Waals surface area (Å²) in [5.41, 5.74) is 0.247. The predicted octanol–water partition coefficient (Wildman–Crippen LogP) is 1.02. The molecule has 0 saturated carbocycles. The highest BCUT2D eigenvalue weighted by atomic mass is 16.5. The van der Waals surface area contributed by atoms with Crippen LogP contribution in [0, 0.1) is 5.92 Å². The van der Waals surface area contributed by atoms with Gasteiger partial charge >= 0.3 is 0 Å². The third kappa shape index (κ3) is 1.50. The maximum absolute atomic E-state index is 5.31. The summed E-state index contributed by atoms with van der Waals surface area (Å²) in [7, 11) is 2.01. The van der Waals surface area contributed by atoms with Crippen molar-refractivity contribution >= 4 is 0 Å². The molecule has 0 radical (unpaired) electrons. The maximum atomic E-state index is 5.31. The minimum atomic E-state index is 0.247. The Kier molecular flexibility index (Phi) is 2.32. The van der Waals surface area contributed by atoms with Crippen molar-refractivity contribution in [2.75, 3.05) is 20.3 Å². The largest absolute Gasteiger partial charge is 0.381 e. The van der Waals surface area contributed by atoms with E-state index in [4.69, 9.17) is 4.74 Å². The lowest BCUT2D eigenvalue weighted by Gasteiger charge is -2.29. The Morgan fingerprint density at radius 1 is 1.50 bits per heavy atom. The molecule has 0 aromatic rings. The number of hydrogen-bond acceptors (Lipinski definition) is 2. The van der Waals surface area contributed by atoms with Crippen LogP contribution in [-0.4, -0.2) is 25.8 Å². The normalized spacial score (nSPS) is 27.3. The first-order valence-electron chi connectivity index (χ1n) is 3.93. The Bertz CT molecular complexity index is 106. The van der Waals surface area contributed by atoms with Crippen LogP contribution in [0.5, 0.6) is 0 Å². The van der Waals surface area contributed by atoms with E-state index in [0.717, 1.165) is 13.2 Å². The van der Waals surface area contributed by atoms with Crippen molar-refractivity contribution in [3.8, 4) is 0 Å². The predicted molar refractivity (Wildman–Crippen MR) is 42.1 cm³/mol. The Hall–Kier alpha value is -0.0800. The van der Waals surface area contributed by atoms with E-state index in [-0.39, 0.29) is 5.54 Å². The molecule has 0 aromatic heterocycles. The third-order valence-electron chi connectivity index (χ3n) is 2.59. The van der Waals surface area contributed by atoms with Crippen molar-refractivity contribution < 1.29 is 4.74 Å². The zero-order chi connectivity index (χ0) is 7.61. The fourth-order valence-electron chi connectivity index (χ4n) is 1.31. The van der Waals surface area contributed by atoms with Gasteiger partial charge in [-0.05, 0) is 27.3 Å². The monoisotopic (exact) mass is 143 g/mol. The summed E-state index contributed by atoms with van der Waals surface area (Å²) in [5, 5.41) is 3.30. The second kappa shape index (κ2) is 2.89. The lowest BCUT2D eigenvalue weighted by Crippen LogP contribution is -2.44. The molecule has 0 amide bonds. The SMILES string of the molecule is CNC(C)(C)C1CCOC1. The zero-order valence-electron chi connectivity index (χ0n) is 7.11. The molecule has 1 heterocycles. The molecule has 60 valence electrons. The molecule has 1 aliphatic rings. The number of hydrogen-bond donors (Lipinski definition) is 1. The Balaban J connectivity index is 2.45. The second-order valence-electron chi connectivity index (χ2n) is 3.53. The highest BCUT2D eigenvalue weighted by molar-refractivity contribution is 4.86. The van der Waals surface area contributed by atoms with E-state index in [1.165, 1.54) is 6.42 Å². The molecule has 1 rings (SSSR count). The van der Waals surface area contributed by atoms with Crippen molar-refractivity contribution in [2.45, 2.75) is 25.8 Å². The molecule has 0 spiro atoms. The van der Waals surface area contributed by atoms with Crippen LogP contribution in [-0.2, 0) is 4.74 Å². The molecule has 1 saturated heterocycles. The fourth-order valence-corrected chi connectivity index (χ4v) is 1.31. The topological polar surface area (TPSA) is 21.3 Å². The van der Waals surface area contributed by atoms with Gasteiger partial charge in [-0.25, -0.2) is 0 Å². The molecule has 1 aliphatic heterocycles. The van der Waals surface area contributed by atoms with Gasteiger partial charge in [-0.1, -0.05) is 0 Å². The zero-order valence-corrected chi connectivity index (χ0v) is 7.11. The molecular weight excluding hydrogens is 126 g/mol. The van der Waals surface area contributed by atoms with Crippen molar-refractivity contribution in [3.05, 3.63) is 0 Å². The minimum absolute atomic E-state index is 0.247. The molecule has 1 unspecified atom stereocenters. The highest BCUT2D eigenvalue weighted by Crippen LogP contribution is 2.24. The minimum Gasteiger partial charge on any atom is -0.381 e. The number of nitrogens with one attached hydrogen (secondary N) is 1. The van der Waals surface area contributed by atoms with Gasteiger partial charge in [0.05, 0.1) is 6.61 Å². The van der Waals surface area contributed by atoms with E-state index in [9.17, 15) is 0 Å². The lowest BCUT2D eigenvalue weighted by molar-refractivity contribution is 0.162. The van der Waals surface area contributed by atoms with Gasteiger partial charge in [0.15, 0.2) is 0 Å². The van der Waals surface area contributed by atoms with Crippen molar-refractivity contribution in [3.63, 3.8) is 0 Å². The standard InChI is InChI=1S/C8H17NO/c1-8(2,9-3)7-4-5-10-6-7/h7,9H,4-6H2,1-3H3. The molecule has 0 aliphatic carbocycles. The Labute approximate surface area is 63.0 Å². The molecular formula is C8H17NO. The van der Waals surface area contributed by atoms with E-state index in [1.807, 2.05) is 7.05 Å². The summed E-state index contributed by atoms with van der Waals surface area (Å²) in [6.45, 7) is 6.32.